The summed E-state index contributed by atoms with van der Waals surface area (Å²) < 4.78 is 32.7. The second kappa shape index (κ2) is 9.66. The number of sulfonamides is 1. The van der Waals surface area contributed by atoms with Crippen LogP contribution in [0.2, 0.25) is 0 Å². The maximum atomic E-state index is 12.7. The van der Waals surface area contributed by atoms with Crippen molar-refractivity contribution in [3.8, 4) is 5.75 Å². The van der Waals surface area contributed by atoms with E-state index in [4.69, 9.17) is 4.74 Å². The molecule has 0 saturated heterocycles. The number of nitrogens with one attached hydrogen (secondary N) is 4. The van der Waals surface area contributed by atoms with Gasteiger partial charge in [0.1, 0.15) is 10.6 Å². The topological polar surface area (TPSA) is 129 Å². The second-order valence-corrected chi connectivity index (χ2v) is 8.90. The van der Waals surface area contributed by atoms with E-state index < -0.39 is 21.6 Å². The van der Waals surface area contributed by atoms with Gasteiger partial charge in [-0.1, -0.05) is 13.0 Å². The monoisotopic (exact) mass is 436 g/mol. The van der Waals surface area contributed by atoms with Gasteiger partial charge in [0, 0.05) is 18.9 Å². The highest BCUT2D eigenvalue weighted by atomic mass is 32.2. The number of rotatable bonds is 9. The van der Waals surface area contributed by atoms with Crippen LogP contribution in [0.5, 0.6) is 5.75 Å². The Balaban J connectivity index is 2.26. The van der Waals surface area contributed by atoms with Crippen LogP contribution in [-0.4, -0.2) is 39.0 Å². The number of urea groups is 1. The first-order chi connectivity index (χ1) is 14.1. The van der Waals surface area contributed by atoms with Crippen molar-refractivity contribution in [2.24, 2.45) is 0 Å². The lowest BCUT2D eigenvalue weighted by Crippen LogP contribution is -2.42. The quantitative estimate of drug-likeness (QED) is 0.478. The van der Waals surface area contributed by atoms with Crippen molar-refractivity contribution >= 4 is 22.0 Å². The Bertz CT molecular complexity index is 985. The third-order valence-electron chi connectivity index (χ3n) is 4.30. The highest BCUT2D eigenvalue weighted by Gasteiger charge is 2.26. The van der Waals surface area contributed by atoms with E-state index in [1.807, 2.05) is 37.6 Å². The van der Waals surface area contributed by atoms with Gasteiger partial charge in [-0.05, 0) is 50.1 Å². The highest BCUT2D eigenvalue weighted by Crippen LogP contribution is 2.26. The lowest BCUT2D eigenvalue weighted by Gasteiger charge is -2.25. The molecule has 2 rings (SSSR count). The minimum atomic E-state index is -4.19. The number of aromatic amines is 1. The molecular weight excluding hydrogens is 408 g/mol. The van der Waals surface area contributed by atoms with Gasteiger partial charge in [0.25, 0.3) is 10.0 Å². The lowest BCUT2D eigenvalue weighted by atomic mass is 10.00. The molecule has 1 aromatic heterocycles. The van der Waals surface area contributed by atoms with Crippen LogP contribution in [0.1, 0.15) is 38.4 Å². The molecule has 10 heteroatoms. The Morgan fingerprint density at radius 2 is 1.93 bits per heavy atom. The summed E-state index contributed by atoms with van der Waals surface area (Å²) in [5.74, 6) is -0.163. The molecule has 30 heavy (non-hydrogen) atoms. The minimum Gasteiger partial charge on any atom is -0.492 e. The Hall–Kier alpha value is -3.01. The van der Waals surface area contributed by atoms with Crippen molar-refractivity contribution in [3.05, 3.63) is 47.8 Å². The van der Waals surface area contributed by atoms with Crippen molar-refractivity contribution in [3.63, 3.8) is 0 Å². The molecule has 0 bridgehead atoms. The number of ether oxygens (including phenoxy) is 1. The van der Waals surface area contributed by atoms with Gasteiger partial charge in [0.05, 0.1) is 18.6 Å². The SMILES string of the molecule is CCCOc1ccc(CC(=O)NC(C)(C)c2ccc[nH]2)cc1S(=O)(=O)NC(=O)NC. The van der Waals surface area contributed by atoms with Crippen LogP contribution < -0.4 is 20.1 Å². The fourth-order valence-electron chi connectivity index (χ4n) is 2.80. The zero-order chi connectivity index (χ0) is 22.4. The maximum Gasteiger partial charge on any atom is 0.328 e. The summed E-state index contributed by atoms with van der Waals surface area (Å²) in [6.07, 6.45) is 2.41. The second-order valence-electron chi connectivity index (χ2n) is 7.25. The summed E-state index contributed by atoms with van der Waals surface area (Å²) >= 11 is 0. The minimum absolute atomic E-state index is 0.0410. The predicted octanol–water partition coefficient (Wildman–Crippen LogP) is 2.02. The fourth-order valence-corrected chi connectivity index (χ4v) is 3.95. The van der Waals surface area contributed by atoms with Gasteiger partial charge in [-0.3, -0.25) is 4.79 Å². The number of hydrogen-bond acceptors (Lipinski definition) is 5. The van der Waals surface area contributed by atoms with Crippen molar-refractivity contribution in [1.29, 1.82) is 0 Å². The van der Waals surface area contributed by atoms with Crippen molar-refractivity contribution in [1.82, 2.24) is 20.3 Å². The van der Waals surface area contributed by atoms with Crippen LogP contribution in [0.3, 0.4) is 0 Å². The molecule has 1 aromatic carbocycles. The molecule has 0 atom stereocenters. The highest BCUT2D eigenvalue weighted by molar-refractivity contribution is 7.90. The smallest absolute Gasteiger partial charge is 0.328 e. The first-order valence-corrected chi connectivity index (χ1v) is 11.0. The van der Waals surface area contributed by atoms with Crippen molar-refractivity contribution in [2.45, 2.75) is 44.0 Å². The fraction of sp³-hybridized carbons (Fsp3) is 0.400. The molecule has 1 heterocycles. The Labute approximate surface area is 176 Å². The van der Waals surface area contributed by atoms with Crippen molar-refractivity contribution in [2.75, 3.05) is 13.7 Å². The van der Waals surface area contributed by atoms with Crippen LogP contribution in [0.4, 0.5) is 4.79 Å². The van der Waals surface area contributed by atoms with Crippen LogP contribution >= 0.6 is 0 Å². The van der Waals surface area contributed by atoms with E-state index in [0.717, 1.165) is 5.69 Å². The van der Waals surface area contributed by atoms with Crippen LogP contribution in [-0.2, 0) is 26.8 Å². The normalized spacial score (nSPS) is 11.6. The summed E-state index contributed by atoms with van der Waals surface area (Å²) in [5.41, 5.74) is 0.689. The van der Waals surface area contributed by atoms with Gasteiger partial charge in [-0.25, -0.2) is 17.9 Å². The van der Waals surface area contributed by atoms with Gasteiger partial charge < -0.3 is 20.4 Å². The molecule has 0 saturated carbocycles. The van der Waals surface area contributed by atoms with E-state index in [9.17, 15) is 18.0 Å². The van der Waals surface area contributed by atoms with Crippen LogP contribution in [0.25, 0.3) is 0 Å². The molecule has 0 spiro atoms. The number of hydrogen-bond donors (Lipinski definition) is 4. The molecule has 164 valence electrons. The number of H-pyrrole nitrogens is 1. The van der Waals surface area contributed by atoms with E-state index in [0.29, 0.717) is 18.6 Å². The average molecular weight is 437 g/mol. The van der Waals surface area contributed by atoms with E-state index in [-0.39, 0.29) is 23.0 Å². The standard InChI is InChI=1S/C20H28N4O5S/c1-5-11-29-15-9-8-14(12-16(15)30(27,28)24-19(26)21-4)13-18(25)23-20(2,3)17-7-6-10-22-17/h6-10,12,22H,5,11,13H2,1-4H3,(H,23,25)(H2,21,24,26). The molecule has 0 aliphatic heterocycles. The van der Waals surface area contributed by atoms with Crippen LogP contribution in [0.15, 0.2) is 41.4 Å². The average Bonchev–Trinajstić information content (AvgIpc) is 3.22. The molecule has 0 unspecified atom stereocenters. The Morgan fingerprint density at radius 1 is 1.20 bits per heavy atom. The first-order valence-electron chi connectivity index (χ1n) is 9.54. The molecule has 9 nitrogen and oxygen atoms in total. The molecule has 0 aliphatic carbocycles. The number of aromatic nitrogens is 1. The molecule has 0 radical (unpaired) electrons. The number of carbonyl (C=O) groups excluding carboxylic acids is 2. The number of benzene rings is 1. The summed E-state index contributed by atoms with van der Waals surface area (Å²) in [4.78, 5) is 27.0. The van der Waals surface area contributed by atoms with Gasteiger partial charge >= 0.3 is 6.03 Å². The van der Waals surface area contributed by atoms with Gasteiger partial charge in [-0.2, -0.15) is 0 Å². The van der Waals surface area contributed by atoms with Gasteiger partial charge in [0.15, 0.2) is 0 Å². The zero-order valence-corrected chi connectivity index (χ0v) is 18.4. The van der Waals surface area contributed by atoms with E-state index >= 15 is 0 Å². The van der Waals surface area contributed by atoms with E-state index in [1.54, 1.807) is 12.3 Å². The number of amides is 3. The molecule has 0 aliphatic rings. The first kappa shape index (κ1) is 23.3. The number of carbonyl (C=O) groups is 2. The molecular formula is C20H28N4O5S. The van der Waals surface area contributed by atoms with Gasteiger partial charge in [-0.15, -0.1) is 0 Å². The Morgan fingerprint density at radius 3 is 2.53 bits per heavy atom. The third-order valence-corrected chi connectivity index (χ3v) is 5.65. The summed E-state index contributed by atoms with van der Waals surface area (Å²) in [6, 6.07) is 7.31. The van der Waals surface area contributed by atoms with Gasteiger partial charge in [0.2, 0.25) is 5.91 Å². The lowest BCUT2D eigenvalue weighted by molar-refractivity contribution is -0.122. The molecule has 4 N–H and O–H groups in total. The molecule has 0 fully saturated rings. The van der Waals surface area contributed by atoms with E-state index in [1.165, 1.54) is 19.2 Å². The largest absolute Gasteiger partial charge is 0.492 e. The molecule has 3 amide bonds. The third kappa shape index (κ3) is 5.99. The summed E-state index contributed by atoms with van der Waals surface area (Å²) in [5, 5.41) is 5.13. The summed E-state index contributed by atoms with van der Waals surface area (Å²) in [6.45, 7) is 5.93. The Kier molecular flexibility index (Phi) is 7.49. The summed E-state index contributed by atoms with van der Waals surface area (Å²) in [7, 11) is -2.87. The van der Waals surface area contributed by atoms with E-state index in [2.05, 4.69) is 15.6 Å². The van der Waals surface area contributed by atoms with Crippen LogP contribution in [0, 0.1) is 0 Å². The van der Waals surface area contributed by atoms with Crippen molar-refractivity contribution < 1.29 is 22.7 Å². The zero-order valence-electron chi connectivity index (χ0n) is 17.5. The predicted molar refractivity (Wildman–Crippen MR) is 113 cm³/mol. The maximum absolute atomic E-state index is 12.7. The molecule has 2 aromatic rings.